The van der Waals surface area contributed by atoms with Crippen LogP contribution in [0, 0.1) is 0 Å². The van der Waals surface area contributed by atoms with Crippen LogP contribution in [0.25, 0.3) is 10.7 Å². The van der Waals surface area contributed by atoms with E-state index in [9.17, 15) is 9.59 Å². The van der Waals surface area contributed by atoms with Crippen molar-refractivity contribution < 1.29 is 9.59 Å². The van der Waals surface area contributed by atoms with E-state index in [1.165, 1.54) is 11.8 Å². The van der Waals surface area contributed by atoms with Gasteiger partial charge in [-0.15, -0.1) is 21.5 Å². The lowest BCUT2D eigenvalue weighted by molar-refractivity contribution is -0.119. The van der Waals surface area contributed by atoms with E-state index in [2.05, 4.69) is 25.4 Å². The number of carbonyl (C=O) groups excluding carboxylic acids is 2. The summed E-state index contributed by atoms with van der Waals surface area (Å²) in [6.07, 6.45) is 4.19. The summed E-state index contributed by atoms with van der Waals surface area (Å²) in [4.78, 5) is 25.0. The Morgan fingerprint density at radius 3 is 2.76 bits per heavy atom. The van der Waals surface area contributed by atoms with Gasteiger partial charge in [0.1, 0.15) is 0 Å². The van der Waals surface area contributed by atoms with Gasteiger partial charge >= 0.3 is 6.03 Å². The zero-order valence-corrected chi connectivity index (χ0v) is 15.4. The molecule has 1 unspecified atom stereocenters. The molecule has 2 aromatic rings. The molecule has 0 aliphatic heterocycles. The van der Waals surface area contributed by atoms with Crippen molar-refractivity contribution in [3.05, 3.63) is 17.5 Å². The van der Waals surface area contributed by atoms with Crippen molar-refractivity contribution in [1.82, 2.24) is 25.4 Å². The quantitative estimate of drug-likeness (QED) is 0.756. The Morgan fingerprint density at radius 1 is 1.32 bits per heavy atom. The van der Waals surface area contributed by atoms with Crippen molar-refractivity contribution >= 4 is 35.0 Å². The van der Waals surface area contributed by atoms with Gasteiger partial charge in [-0.2, -0.15) is 0 Å². The lowest BCUT2D eigenvalue weighted by atomic mass is 10.4. The molecule has 9 heteroatoms. The highest BCUT2D eigenvalue weighted by Gasteiger charge is 2.32. The SMILES string of the molecule is CC(Sc1nnc(-c2cccs2)n1C1CC1)C(=O)NC(=O)NC1CC1. The second-order valence-electron chi connectivity index (χ2n) is 6.38. The Labute approximate surface area is 153 Å². The monoisotopic (exact) mass is 377 g/mol. The molecule has 0 spiro atoms. The molecule has 2 aliphatic carbocycles. The number of urea groups is 1. The van der Waals surface area contributed by atoms with E-state index in [1.54, 1.807) is 18.3 Å². The molecule has 2 aliphatic rings. The van der Waals surface area contributed by atoms with Crippen molar-refractivity contribution in [1.29, 1.82) is 0 Å². The fourth-order valence-electron chi connectivity index (χ4n) is 2.47. The first-order chi connectivity index (χ1) is 12.1. The van der Waals surface area contributed by atoms with E-state index < -0.39 is 11.3 Å². The van der Waals surface area contributed by atoms with Gasteiger partial charge in [0, 0.05) is 12.1 Å². The fraction of sp³-hybridized carbons (Fsp3) is 0.500. The van der Waals surface area contributed by atoms with E-state index in [1.807, 2.05) is 17.5 Å². The van der Waals surface area contributed by atoms with E-state index in [-0.39, 0.29) is 11.9 Å². The van der Waals surface area contributed by atoms with Gasteiger partial charge in [0.25, 0.3) is 0 Å². The number of aromatic nitrogens is 3. The number of thiophene rings is 1. The van der Waals surface area contributed by atoms with Crippen LogP contribution < -0.4 is 10.6 Å². The third-order valence-electron chi connectivity index (χ3n) is 4.12. The number of nitrogens with one attached hydrogen (secondary N) is 2. The molecule has 4 rings (SSSR count). The summed E-state index contributed by atoms with van der Waals surface area (Å²) in [5, 5.41) is 16.1. The maximum Gasteiger partial charge on any atom is 0.321 e. The largest absolute Gasteiger partial charge is 0.335 e. The maximum absolute atomic E-state index is 12.2. The van der Waals surface area contributed by atoms with E-state index in [4.69, 9.17) is 0 Å². The summed E-state index contributed by atoms with van der Waals surface area (Å²) in [6.45, 7) is 1.78. The van der Waals surface area contributed by atoms with Crippen LogP contribution in [0.5, 0.6) is 0 Å². The van der Waals surface area contributed by atoms with Gasteiger partial charge in [-0.05, 0) is 44.1 Å². The lowest BCUT2D eigenvalue weighted by Crippen LogP contribution is -2.43. The summed E-state index contributed by atoms with van der Waals surface area (Å²) < 4.78 is 2.13. The van der Waals surface area contributed by atoms with Crippen LogP contribution in [0.15, 0.2) is 22.7 Å². The number of thioether (sulfide) groups is 1. The van der Waals surface area contributed by atoms with Crippen LogP contribution in [-0.2, 0) is 4.79 Å². The van der Waals surface area contributed by atoms with Crippen molar-refractivity contribution in [3.8, 4) is 10.7 Å². The second-order valence-corrected chi connectivity index (χ2v) is 8.64. The Morgan fingerprint density at radius 2 is 2.12 bits per heavy atom. The van der Waals surface area contributed by atoms with Crippen molar-refractivity contribution in [2.24, 2.45) is 0 Å². The van der Waals surface area contributed by atoms with Crippen LogP contribution in [0.3, 0.4) is 0 Å². The molecule has 2 heterocycles. The molecule has 132 valence electrons. The third kappa shape index (κ3) is 3.87. The molecule has 0 bridgehead atoms. The lowest BCUT2D eigenvalue weighted by Gasteiger charge is -2.12. The first-order valence-corrected chi connectivity index (χ1v) is 10.1. The fourth-order valence-corrected chi connectivity index (χ4v) is 4.09. The van der Waals surface area contributed by atoms with Gasteiger partial charge in [-0.1, -0.05) is 17.8 Å². The Balaban J connectivity index is 1.44. The van der Waals surface area contributed by atoms with Crippen molar-refractivity contribution in [2.45, 2.75) is 55.1 Å². The summed E-state index contributed by atoms with van der Waals surface area (Å²) >= 11 is 2.97. The molecule has 2 saturated carbocycles. The zero-order chi connectivity index (χ0) is 17.4. The average molecular weight is 377 g/mol. The molecule has 1 atom stereocenters. The smallest absolute Gasteiger partial charge is 0.321 e. The number of hydrogen-bond donors (Lipinski definition) is 2. The van der Waals surface area contributed by atoms with Gasteiger partial charge in [0.05, 0.1) is 10.1 Å². The second kappa shape index (κ2) is 6.80. The van der Waals surface area contributed by atoms with Crippen LogP contribution in [-0.4, -0.2) is 38.0 Å². The molecule has 0 radical (unpaired) electrons. The number of carbonyl (C=O) groups is 2. The minimum absolute atomic E-state index is 0.224. The summed E-state index contributed by atoms with van der Waals surface area (Å²) in [6, 6.07) is 4.24. The molecule has 0 aromatic carbocycles. The number of imide groups is 1. The van der Waals surface area contributed by atoms with Crippen LogP contribution in [0.4, 0.5) is 4.79 Å². The molecule has 0 saturated heterocycles. The predicted octanol–water partition coefficient (Wildman–Crippen LogP) is 2.81. The summed E-state index contributed by atoms with van der Waals surface area (Å²) in [5.41, 5.74) is 0. The predicted molar refractivity (Wildman–Crippen MR) is 96.6 cm³/mol. The minimum atomic E-state index is -0.428. The van der Waals surface area contributed by atoms with E-state index in [0.29, 0.717) is 6.04 Å². The molecule has 7 nitrogen and oxygen atoms in total. The highest BCUT2D eigenvalue weighted by atomic mass is 32.2. The van der Waals surface area contributed by atoms with Gasteiger partial charge in [0.2, 0.25) is 5.91 Å². The van der Waals surface area contributed by atoms with Crippen molar-refractivity contribution in [2.75, 3.05) is 0 Å². The number of hydrogen-bond acceptors (Lipinski definition) is 6. The minimum Gasteiger partial charge on any atom is -0.335 e. The molecular weight excluding hydrogens is 358 g/mol. The molecule has 2 fully saturated rings. The molecular formula is C16H19N5O2S2. The van der Waals surface area contributed by atoms with Crippen molar-refractivity contribution in [3.63, 3.8) is 0 Å². The molecule has 2 aromatic heterocycles. The number of rotatable bonds is 6. The number of nitrogens with zero attached hydrogens (tertiary/aromatic N) is 3. The summed E-state index contributed by atoms with van der Waals surface area (Å²) in [5.74, 6) is 0.547. The van der Waals surface area contributed by atoms with E-state index >= 15 is 0 Å². The zero-order valence-electron chi connectivity index (χ0n) is 13.8. The average Bonchev–Trinajstić information content (AvgIpc) is 3.49. The first kappa shape index (κ1) is 16.6. The Kier molecular flexibility index (Phi) is 4.51. The highest BCUT2D eigenvalue weighted by Crippen LogP contribution is 2.42. The standard InChI is InChI=1S/C16H19N5O2S2/c1-9(14(22)18-15(23)17-10-4-5-10)25-16-20-19-13(12-3-2-8-24-12)21(16)11-6-7-11/h2-3,8-11H,4-7H2,1H3,(H2,17,18,22,23). The summed E-state index contributed by atoms with van der Waals surface area (Å²) in [7, 11) is 0. The van der Waals surface area contributed by atoms with Gasteiger partial charge < -0.3 is 5.32 Å². The maximum atomic E-state index is 12.2. The Hall–Kier alpha value is -1.87. The third-order valence-corrected chi connectivity index (χ3v) is 6.04. The van der Waals surface area contributed by atoms with Crippen LogP contribution in [0.2, 0.25) is 0 Å². The van der Waals surface area contributed by atoms with Crippen LogP contribution >= 0.6 is 23.1 Å². The Bertz CT molecular complexity index is 781. The van der Waals surface area contributed by atoms with Gasteiger partial charge in [-0.25, -0.2) is 4.79 Å². The highest BCUT2D eigenvalue weighted by molar-refractivity contribution is 8.00. The molecule has 25 heavy (non-hydrogen) atoms. The van der Waals surface area contributed by atoms with Crippen LogP contribution in [0.1, 0.15) is 38.6 Å². The topological polar surface area (TPSA) is 88.9 Å². The first-order valence-electron chi connectivity index (χ1n) is 8.38. The van der Waals surface area contributed by atoms with Gasteiger partial charge in [0.15, 0.2) is 11.0 Å². The normalized spacial score (nSPS) is 18.0. The van der Waals surface area contributed by atoms with Gasteiger partial charge in [-0.3, -0.25) is 14.7 Å². The van der Waals surface area contributed by atoms with E-state index in [0.717, 1.165) is 41.5 Å². The molecule has 3 amide bonds. The molecule has 2 N–H and O–H groups in total. The number of amides is 3.